The van der Waals surface area contributed by atoms with E-state index in [2.05, 4.69) is 58.2 Å². The quantitative estimate of drug-likeness (QED) is 0.877. The predicted molar refractivity (Wildman–Crippen MR) is 70.4 cm³/mol. The molecule has 0 radical (unpaired) electrons. The van der Waals surface area contributed by atoms with Crippen molar-refractivity contribution in [3.05, 3.63) is 47.5 Å². The summed E-state index contributed by atoms with van der Waals surface area (Å²) in [6, 6.07) is 10.8. The van der Waals surface area contributed by atoms with Crippen molar-refractivity contribution in [2.75, 3.05) is 6.54 Å². The van der Waals surface area contributed by atoms with Gasteiger partial charge in [0.25, 0.3) is 0 Å². The van der Waals surface area contributed by atoms with Crippen LogP contribution >= 0.6 is 0 Å². The summed E-state index contributed by atoms with van der Waals surface area (Å²) >= 11 is 0. The molecule has 2 unspecified atom stereocenters. The van der Waals surface area contributed by atoms with E-state index in [1.807, 2.05) is 6.07 Å². The Hall–Kier alpha value is -1.68. The largest absolute Gasteiger partial charge is 0.312 e. The van der Waals surface area contributed by atoms with Crippen LogP contribution in [0.15, 0.2) is 30.3 Å². The van der Waals surface area contributed by atoms with Crippen LogP contribution in [0, 0.1) is 0 Å². The second-order valence-electron chi connectivity index (χ2n) is 4.88. The van der Waals surface area contributed by atoms with Gasteiger partial charge in [-0.2, -0.15) is 0 Å². The van der Waals surface area contributed by atoms with Gasteiger partial charge in [0.1, 0.15) is 11.6 Å². The fraction of sp³-hybridized carbons (Fsp3) is 0.429. The van der Waals surface area contributed by atoms with E-state index in [1.54, 1.807) is 0 Å². The highest BCUT2D eigenvalue weighted by molar-refractivity contribution is 5.25. The third-order valence-electron chi connectivity index (χ3n) is 3.67. The normalized spacial score (nSPS) is 20.4. The van der Waals surface area contributed by atoms with Crippen molar-refractivity contribution in [2.24, 2.45) is 0 Å². The number of benzene rings is 1. The van der Waals surface area contributed by atoms with E-state index in [1.165, 1.54) is 5.56 Å². The number of nitrogens with zero attached hydrogens (tertiary/aromatic N) is 3. The number of rotatable bonds is 2. The summed E-state index contributed by atoms with van der Waals surface area (Å²) in [5.74, 6) is 2.42. The lowest BCUT2D eigenvalue weighted by molar-refractivity contribution is 0.427. The van der Waals surface area contributed by atoms with Crippen LogP contribution in [0.4, 0.5) is 0 Å². The fourth-order valence-electron chi connectivity index (χ4n) is 2.57. The summed E-state index contributed by atoms with van der Waals surface area (Å²) in [7, 11) is 0. The molecule has 2 aromatic rings. The maximum Gasteiger partial charge on any atom is 0.149 e. The molecular weight excluding hydrogens is 224 g/mol. The van der Waals surface area contributed by atoms with Gasteiger partial charge in [-0.15, -0.1) is 10.2 Å². The minimum Gasteiger partial charge on any atom is -0.312 e. The second kappa shape index (κ2) is 4.53. The molecule has 18 heavy (non-hydrogen) atoms. The molecular formula is C14H18N4. The molecule has 2 heterocycles. The van der Waals surface area contributed by atoms with Crippen LogP contribution in [0.25, 0.3) is 0 Å². The van der Waals surface area contributed by atoms with Gasteiger partial charge < -0.3 is 9.88 Å². The minimum absolute atomic E-state index is 0.290. The number of hydrogen-bond donors (Lipinski definition) is 1. The van der Waals surface area contributed by atoms with Gasteiger partial charge in [0.15, 0.2) is 0 Å². The van der Waals surface area contributed by atoms with Crippen molar-refractivity contribution in [1.82, 2.24) is 20.1 Å². The van der Waals surface area contributed by atoms with E-state index < -0.39 is 0 Å². The van der Waals surface area contributed by atoms with Gasteiger partial charge in [-0.1, -0.05) is 37.3 Å². The van der Waals surface area contributed by atoms with Gasteiger partial charge in [0.2, 0.25) is 0 Å². The van der Waals surface area contributed by atoms with Crippen molar-refractivity contribution < 1.29 is 0 Å². The third kappa shape index (κ3) is 1.82. The highest BCUT2D eigenvalue weighted by atomic mass is 15.3. The third-order valence-corrected chi connectivity index (χ3v) is 3.67. The van der Waals surface area contributed by atoms with Gasteiger partial charge in [0, 0.05) is 19.0 Å². The maximum absolute atomic E-state index is 4.40. The molecule has 0 amide bonds. The lowest BCUT2D eigenvalue weighted by Crippen LogP contribution is -2.32. The molecule has 1 aromatic heterocycles. The SMILES string of the molecule is CC1NCCn2c1nnc2C(C)c1ccccc1. The number of fused-ring (bicyclic) bond motifs is 1. The molecule has 4 heteroatoms. The first-order chi connectivity index (χ1) is 8.77. The topological polar surface area (TPSA) is 42.7 Å². The average Bonchev–Trinajstić information content (AvgIpc) is 2.84. The Morgan fingerprint density at radius 1 is 1.28 bits per heavy atom. The molecule has 0 saturated heterocycles. The first-order valence-corrected chi connectivity index (χ1v) is 6.48. The number of nitrogens with one attached hydrogen (secondary N) is 1. The summed E-state index contributed by atoms with van der Waals surface area (Å²) in [6.07, 6.45) is 0. The molecule has 0 bridgehead atoms. The summed E-state index contributed by atoms with van der Waals surface area (Å²) in [5.41, 5.74) is 1.29. The first kappa shape index (κ1) is 11.4. The van der Waals surface area contributed by atoms with Crippen molar-refractivity contribution in [1.29, 1.82) is 0 Å². The maximum atomic E-state index is 4.40. The molecule has 1 aliphatic rings. The van der Waals surface area contributed by atoms with Crippen molar-refractivity contribution in [3.8, 4) is 0 Å². The van der Waals surface area contributed by atoms with Crippen LogP contribution in [0.5, 0.6) is 0 Å². The van der Waals surface area contributed by atoms with Gasteiger partial charge in [-0.05, 0) is 12.5 Å². The Labute approximate surface area is 107 Å². The summed E-state index contributed by atoms with van der Waals surface area (Å²) in [6.45, 7) is 6.27. The lowest BCUT2D eigenvalue weighted by Gasteiger charge is -2.23. The molecule has 0 fully saturated rings. The van der Waals surface area contributed by atoms with Gasteiger partial charge in [0.05, 0.1) is 6.04 Å². The van der Waals surface area contributed by atoms with E-state index in [-0.39, 0.29) is 5.92 Å². The van der Waals surface area contributed by atoms with E-state index in [0.717, 1.165) is 24.7 Å². The minimum atomic E-state index is 0.290. The number of hydrogen-bond acceptors (Lipinski definition) is 3. The molecule has 2 atom stereocenters. The lowest BCUT2D eigenvalue weighted by atomic mass is 10.0. The highest BCUT2D eigenvalue weighted by Gasteiger charge is 2.24. The van der Waals surface area contributed by atoms with Gasteiger partial charge in [-0.25, -0.2) is 0 Å². The van der Waals surface area contributed by atoms with Crippen molar-refractivity contribution >= 4 is 0 Å². The zero-order valence-corrected chi connectivity index (χ0v) is 10.8. The smallest absolute Gasteiger partial charge is 0.149 e. The molecule has 0 spiro atoms. The zero-order chi connectivity index (χ0) is 12.5. The van der Waals surface area contributed by atoms with E-state index in [0.29, 0.717) is 6.04 Å². The summed E-state index contributed by atoms with van der Waals surface area (Å²) in [4.78, 5) is 0. The van der Waals surface area contributed by atoms with Crippen LogP contribution in [0.3, 0.4) is 0 Å². The van der Waals surface area contributed by atoms with Crippen LogP contribution in [-0.4, -0.2) is 21.3 Å². The molecule has 0 saturated carbocycles. The summed E-state index contributed by atoms with van der Waals surface area (Å²) < 4.78 is 2.26. The standard InChI is InChI=1S/C14H18N4/c1-10(12-6-4-3-5-7-12)13-16-17-14-11(2)15-8-9-18(13)14/h3-7,10-11,15H,8-9H2,1-2H3. The Morgan fingerprint density at radius 2 is 2.06 bits per heavy atom. The van der Waals surface area contributed by atoms with Crippen LogP contribution in [0.1, 0.15) is 43.0 Å². The Balaban J connectivity index is 1.98. The first-order valence-electron chi connectivity index (χ1n) is 6.48. The van der Waals surface area contributed by atoms with Gasteiger partial charge in [-0.3, -0.25) is 0 Å². The van der Waals surface area contributed by atoms with Crippen molar-refractivity contribution in [3.63, 3.8) is 0 Å². The van der Waals surface area contributed by atoms with Crippen LogP contribution < -0.4 is 5.32 Å². The van der Waals surface area contributed by atoms with E-state index in [4.69, 9.17) is 0 Å². The molecule has 94 valence electrons. The molecule has 1 aromatic carbocycles. The Morgan fingerprint density at radius 3 is 2.83 bits per heavy atom. The van der Waals surface area contributed by atoms with Gasteiger partial charge >= 0.3 is 0 Å². The Bertz CT molecular complexity index is 532. The average molecular weight is 242 g/mol. The van der Waals surface area contributed by atoms with E-state index in [9.17, 15) is 0 Å². The molecule has 1 N–H and O–H groups in total. The molecule has 4 nitrogen and oxygen atoms in total. The highest BCUT2D eigenvalue weighted by Crippen LogP contribution is 2.25. The number of aromatic nitrogens is 3. The van der Waals surface area contributed by atoms with Crippen molar-refractivity contribution in [2.45, 2.75) is 32.4 Å². The molecule has 0 aliphatic carbocycles. The molecule has 3 rings (SSSR count). The second-order valence-corrected chi connectivity index (χ2v) is 4.88. The fourth-order valence-corrected chi connectivity index (χ4v) is 2.57. The Kier molecular flexibility index (Phi) is 2.88. The predicted octanol–water partition coefficient (Wildman–Crippen LogP) is 2.09. The van der Waals surface area contributed by atoms with E-state index >= 15 is 0 Å². The van der Waals surface area contributed by atoms with Crippen LogP contribution in [-0.2, 0) is 6.54 Å². The summed E-state index contributed by atoms with van der Waals surface area (Å²) in [5, 5.41) is 12.1. The monoisotopic (exact) mass is 242 g/mol. The van der Waals surface area contributed by atoms with Crippen LogP contribution in [0.2, 0.25) is 0 Å². The molecule has 1 aliphatic heterocycles. The zero-order valence-electron chi connectivity index (χ0n) is 10.8.